The number of methoxy groups -OCH3 is 1. The Kier molecular flexibility index (Phi) is 8.67. The number of hydrogen-bond acceptors (Lipinski definition) is 5. The highest BCUT2D eigenvalue weighted by Crippen LogP contribution is 2.33. The van der Waals surface area contributed by atoms with Gasteiger partial charge in [-0.25, -0.2) is 5.43 Å². The molecule has 3 rings (SSSR count). The first-order valence-corrected chi connectivity index (χ1v) is 11.3. The summed E-state index contributed by atoms with van der Waals surface area (Å²) in [4.78, 5) is 24.4. The molecule has 0 aromatic heterocycles. The second-order valence-electron chi connectivity index (χ2n) is 6.94. The molecule has 9 heteroatoms. The Morgan fingerprint density at radius 3 is 2.45 bits per heavy atom. The van der Waals surface area contributed by atoms with E-state index < -0.39 is 0 Å². The molecule has 0 saturated carbocycles. The third-order valence-corrected chi connectivity index (χ3v) is 5.47. The average Bonchev–Trinajstić information content (AvgIpc) is 2.80. The van der Waals surface area contributed by atoms with Gasteiger partial charge in [0.25, 0.3) is 11.8 Å². The van der Waals surface area contributed by atoms with Crippen molar-refractivity contribution in [1.82, 2.24) is 5.43 Å². The quantitative estimate of drug-likeness (QED) is 0.223. The third kappa shape index (κ3) is 7.19. The van der Waals surface area contributed by atoms with E-state index in [2.05, 4.69) is 38.4 Å². The van der Waals surface area contributed by atoms with Crippen LogP contribution in [0.4, 0.5) is 5.69 Å². The summed E-state index contributed by atoms with van der Waals surface area (Å²) in [6.45, 7) is 1.75. The zero-order valence-electron chi connectivity index (χ0n) is 17.9. The SMILES string of the molecule is COc1cc(/C=N/NC(=O)c2ccc(C)cc2)cc(I)c1OCC(=O)Nc1ccc(Cl)cc1. The maximum atomic E-state index is 12.2. The van der Waals surface area contributed by atoms with Gasteiger partial charge in [-0.2, -0.15) is 5.10 Å². The summed E-state index contributed by atoms with van der Waals surface area (Å²) in [6, 6.07) is 17.5. The number of nitrogens with zero attached hydrogens (tertiary/aromatic N) is 1. The van der Waals surface area contributed by atoms with E-state index in [1.54, 1.807) is 48.5 Å². The van der Waals surface area contributed by atoms with E-state index in [0.29, 0.717) is 33.3 Å². The van der Waals surface area contributed by atoms with Crippen LogP contribution in [0.3, 0.4) is 0 Å². The molecule has 0 radical (unpaired) electrons. The van der Waals surface area contributed by atoms with Gasteiger partial charge in [-0.3, -0.25) is 9.59 Å². The Morgan fingerprint density at radius 2 is 1.79 bits per heavy atom. The lowest BCUT2D eigenvalue weighted by atomic mass is 10.1. The third-order valence-electron chi connectivity index (χ3n) is 4.42. The number of aryl methyl sites for hydroxylation is 1. The molecule has 0 aliphatic heterocycles. The van der Waals surface area contributed by atoms with Crippen molar-refractivity contribution in [2.75, 3.05) is 19.0 Å². The summed E-state index contributed by atoms with van der Waals surface area (Å²) >= 11 is 7.94. The molecular weight excluding hydrogens is 557 g/mol. The second kappa shape index (κ2) is 11.7. The van der Waals surface area contributed by atoms with Crippen LogP contribution in [0.2, 0.25) is 5.02 Å². The lowest BCUT2D eigenvalue weighted by molar-refractivity contribution is -0.118. The minimum absolute atomic E-state index is 0.199. The average molecular weight is 578 g/mol. The van der Waals surface area contributed by atoms with Crippen LogP contribution in [0.5, 0.6) is 11.5 Å². The monoisotopic (exact) mass is 577 g/mol. The normalized spacial score (nSPS) is 10.7. The van der Waals surface area contributed by atoms with Gasteiger partial charge in [0.2, 0.25) is 0 Å². The van der Waals surface area contributed by atoms with Gasteiger partial charge in [0.1, 0.15) is 0 Å². The fourth-order valence-corrected chi connectivity index (χ4v) is 3.66. The van der Waals surface area contributed by atoms with Gasteiger partial charge in [-0.05, 0) is 83.6 Å². The van der Waals surface area contributed by atoms with Crippen molar-refractivity contribution in [2.45, 2.75) is 6.92 Å². The molecule has 7 nitrogen and oxygen atoms in total. The maximum absolute atomic E-state index is 12.2. The number of halogens is 2. The van der Waals surface area contributed by atoms with Crippen molar-refractivity contribution >= 4 is 57.9 Å². The number of anilines is 1. The van der Waals surface area contributed by atoms with Crippen LogP contribution >= 0.6 is 34.2 Å². The summed E-state index contributed by atoms with van der Waals surface area (Å²) in [7, 11) is 1.51. The second-order valence-corrected chi connectivity index (χ2v) is 8.54. The number of carbonyl (C=O) groups excluding carboxylic acids is 2. The van der Waals surface area contributed by atoms with Gasteiger partial charge in [0, 0.05) is 16.3 Å². The van der Waals surface area contributed by atoms with Crippen molar-refractivity contribution in [2.24, 2.45) is 5.10 Å². The molecule has 3 aromatic carbocycles. The Morgan fingerprint density at radius 1 is 1.09 bits per heavy atom. The number of amides is 2. The van der Waals surface area contributed by atoms with Crippen LogP contribution in [-0.2, 0) is 4.79 Å². The fourth-order valence-electron chi connectivity index (χ4n) is 2.76. The molecule has 0 unspecified atom stereocenters. The Labute approximate surface area is 210 Å². The van der Waals surface area contributed by atoms with E-state index in [0.717, 1.165) is 9.13 Å². The first kappa shape index (κ1) is 24.5. The maximum Gasteiger partial charge on any atom is 0.271 e. The van der Waals surface area contributed by atoms with Crippen molar-refractivity contribution in [3.63, 3.8) is 0 Å². The van der Waals surface area contributed by atoms with Gasteiger partial charge in [-0.1, -0.05) is 29.3 Å². The largest absolute Gasteiger partial charge is 0.493 e. The molecule has 0 bridgehead atoms. The lowest BCUT2D eigenvalue weighted by Gasteiger charge is -2.13. The number of hydrogen-bond donors (Lipinski definition) is 2. The molecule has 2 N–H and O–H groups in total. The zero-order valence-corrected chi connectivity index (χ0v) is 20.8. The standard InChI is InChI=1S/C24H21ClIN3O4/c1-15-3-5-17(6-4-15)24(31)29-27-13-16-11-20(26)23(21(12-16)32-2)33-14-22(30)28-19-9-7-18(25)8-10-19/h3-13H,14H2,1-2H3,(H,28,30)(H,29,31)/b27-13+. The summed E-state index contributed by atoms with van der Waals surface area (Å²) in [5, 5.41) is 7.34. The van der Waals surface area contributed by atoms with E-state index in [1.165, 1.54) is 13.3 Å². The highest BCUT2D eigenvalue weighted by Gasteiger charge is 2.13. The van der Waals surface area contributed by atoms with E-state index >= 15 is 0 Å². The predicted molar refractivity (Wildman–Crippen MR) is 138 cm³/mol. The highest BCUT2D eigenvalue weighted by molar-refractivity contribution is 14.1. The van der Waals surface area contributed by atoms with Crippen LogP contribution in [0.1, 0.15) is 21.5 Å². The van der Waals surface area contributed by atoms with E-state index in [4.69, 9.17) is 21.1 Å². The summed E-state index contributed by atoms with van der Waals surface area (Å²) < 4.78 is 11.8. The molecule has 0 saturated heterocycles. The van der Waals surface area contributed by atoms with Gasteiger partial charge in [-0.15, -0.1) is 0 Å². The van der Waals surface area contributed by atoms with E-state index in [9.17, 15) is 9.59 Å². The summed E-state index contributed by atoms with van der Waals surface area (Å²) in [5.41, 5.74) is 5.40. The van der Waals surface area contributed by atoms with E-state index in [-0.39, 0.29) is 18.4 Å². The minimum Gasteiger partial charge on any atom is -0.493 e. The van der Waals surface area contributed by atoms with Crippen LogP contribution in [0.15, 0.2) is 65.8 Å². The van der Waals surface area contributed by atoms with Gasteiger partial charge in [0.05, 0.1) is 16.9 Å². The first-order valence-electron chi connectivity index (χ1n) is 9.81. The van der Waals surface area contributed by atoms with E-state index in [1.807, 2.05) is 19.1 Å². The van der Waals surface area contributed by atoms with Crippen molar-refractivity contribution in [1.29, 1.82) is 0 Å². The lowest BCUT2D eigenvalue weighted by Crippen LogP contribution is -2.20. The molecule has 33 heavy (non-hydrogen) atoms. The van der Waals surface area contributed by atoms with Gasteiger partial charge >= 0.3 is 0 Å². The fraction of sp³-hybridized carbons (Fsp3) is 0.125. The highest BCUT2D eigenvalue weighted by atomic mass is 127. The van der Waals surface area contributed by atoms with Crippen molar-refractivity contribution in [3.05, 3.63) is 85.9 Å². The molecule has 0 heterocycles. The summed E-state index contributed by atoms with van der Waals surface area (Å²) in [5.74, 6) is 0.247. The molecule has 2 amide bonds. The van der Waals surface area contributed by atoms with Crippen LogP contribution in [0.25, 0.3) is 0 Å². The Hall–Kier alpha value is -3.11. The molecule has 0 spiro atoms. The zero-order chi connectivity index (χ0) is 23.8. The molecule has 0 aliphatic carbocycles. The van der Waals surface area contributed by atoms with Crippen molar-refractivity contribution < 1.29 is 19.1 Å². The van der Waals surface area contributed by atoms with Crippen LogP contribution in [-0.4, -0.2) is 31.7 Å². The first-order chi connectivity index (χ1) is 15.9. The summed E-state index contributed by atoms with van der Waals surface area (Å²) in [6.07, 6.45) is 1.51. The molecule has 0 fully saturated rings. The Balaban J connectivity index is 1.62. The molecule has 0 atom stereocenters. The van der Waals surface area contributed by atoms with Crippen LogP contribution in [0, 0.1) is 10.5 Å². The van der Waals surface area contributed by atoms with Crippen molar-refractivity contribution in [3.8, 4) is 11.5 Å². The molecule has 170 valence electrons. The molecule has 0 aliphatic rings. The molecular formula is C24H21ClIN3O4. The predicted octanol–water partition coefficient (Wildman–Crippen LogP) is 5.04. The Bertz CT molecular complexity index is 1170. The number of benzene rings is 3. The number of rotatable bonds is 8. The topological polar surface area (TPSA) is 89.0 Å². The smallest absolute Gasteiger partial charge is 0.271 e. The van der Waals surface area contributed by atoms with Gasteiger partial charge in [0.15, 0.2) is 18.1 Å². The molecule has 3 aromatic rings. The number of ether oxygens (including phenoxy) is 2. The number of hydrazone groups is 1. The minimum atomic E-state index is -0.320. The number of nitrogens with one attached hydrogen (secondary N) is 2. The van der Waals surface area contributed by atoms with Crippen LogP contribution < -0.4 is 20.2 Å². The van der Waals surface area contributed by atoms with Gasteiger partial charge < -0.3 is 14.8 Å². The number of carbonyl (C=O) groups is 2.